The van der Waals surface area contributed by atoms with Crippen molar-refractivity contribution in [1.82, 2.24) is 14.7 Å². The second-order valence-electron chi connectivity index (χ2n) is 11.1. The second-order valence-corrected chi connectivity index (χ2v) is 11.9. The largest absolute Gasteiger partial charge is 0.481 e. The molecule has 7 nitrogen and oxygen atoms in total. The summed E-state index contributed by atoms with van der Waals surface area (Å²) in [5, 5.41) is 12.8. The van der Waals surface area contributed by atoms with E-state index in [1.165, 1.54) is 0 Å². The average molecular weight is 592 g/mol. The molecule has 2 fully saturated rings. The Kier molecular flexibility index (Phi) is 7.81. The number of nitrogens with zero attached hydrogens (tertiary/aromatic N) is 3. The van der Waals surface area contributed by atoms with Crippen molar-refractivity contribution in [3.8, 4) is 0 Å². The molecule has 1 heterocycles. The summed E-state index contributed by atoms with van der Waals surface area (Å²) >= 11 is 12.0. The lowest BCUT2D eigenvalue weighted by molar-refractivity contribution is -0.152. The molecule has 1 aromatic heterocycles. The molecule has 2 aliphatic rings. The third kappa shape index (κ3) is 6.09. The van der Waals surface area contributed by atoms with Gasteiger partial charge in [0.05, 0.1) is 45.4 Å². The number of alkyl halides is 3. The number of Topliss-reactive ketones (excluding diaryl/α,β-unsaturated/α-hetero) is 1. The van der Waals surface area contributed by atoms with E-state index in [0.717, 1.165) is 40.8 Å². The zero-order chi connectivity index (χ0) is 28.9. The summed E-state index contributed by atoms with van der Waals surface area (Å²) in [4.78, 5) is 39.3. The van der Waals surface area contributed by atoms with Gasteiger partial charge in [0, 0.05) is 6.54 Å². The summed E-state index contributed by atoms with van der Waals surface area (Å²) < 4.78 is 57.5. The van der Waals surface area contributed by atoms with Crippen molar-refractivity contribution in [1.29, 1.82) is 0 Å². The van der Waals surface area contributed by atoms with Gasteiger partial charge in [-0.25, -0.2) is 4.39 Å². The van der Waals surface area contributed by atoms with Crippen molar-refractivity contribution < 1.29 is 37.1 Å². The fourth-order valence-electron chi connectivity index (χ4n) is 5.04. The third-order valence-electron chi connectivity index (χ3n) is 7.80. The van der Waals surface area contributed by atoms with Gasteiger partial charge in [0.1, 0.15) is 5.82 Å². The molecule has 0 bridgehead atoms. The number of amides is 1. The van der Waals surface area contributed by atoms with E-state index in [1.54, 1.807) is 6.92 Å². The van der Waals surface area contributed by atoms with Gasteiger partial charge >= 0.3 is 12.1 Å². The van der Waals surface area contributed by atoms with E-state index in [1.807, 2.05) is 6.92 Å². The number of carboxylic acid groups (broad SMARTS) is 1. The molecule has 2 saturated carbocycles. The first-order valence-electron chi connectivity index (χ1n) is 12.4. The fourth-order valence-corrected chi connectivity index (χ4v) is 5.71. The Labute approximate surface area is 232 Å². The van der Waals surface area contributed by atoms with Crippen LogP contribution in [0.3, 0.4) is 0 Å². The van der Waals surface area contributed by atoms with Crippen LogP contribution in [0.1, 0.15) is 84.8 Å². The van der Waals surface area contributed by atoms with Gasteiger partial charge in [-0.3, -0.25) is 19.1 Å². The highest BCUT2D eigenvalue weighted by molar-refractivity contribution is 6.40. The minimum atomic E-state index is -4.95. The molecule has 39 heavy (non-hydrogen) atoms. The van der Waals surface area contributed by atoms with Crippen LogP contribution in [-0.2, 0) is 11.0 Å². The summed E-state index contributed by atoms with van der Waals surface area (Å²) in [6.45, 7) is 2.80. The highest BCUT2D eigenvalue weighted by Gasteiger charge is 2.46. The molecular formula is C26H27Cl2F4N3O4. The number of aromatic nitrogens is 2. The van der Waals surface area contributed by atoms with Gasteiger partial charge in [0.25, 0.3) is 5.91 Å². The zero-order valence-electron chi connectivity index (χ0n) is 21.2. The zero-order valence-corrected chi connectivity index (χ0v) is 22.8. The van der Waals surface area contributed by atoms with E-state index in [2.05, 4.69) is 5.10 Å². The molecule has 1 N–H and O–H groups in total. The molecule has 0 atom stereocenters. The molecule has 0 unspecified atom stereocenters. The summed E-state index contributed by atoms with van der Waals surface area (Å²) in [5.74, 6) is -3.56. The van der Waals surface area contributed by atoms with Gasteiger partial charge in [0.15, 0.2) is 11.5 Å². The minimum absolute atomic E-state index is 0.0108. The quantitative estimate of drug-likeness (QED) is 0.273. The number of halogens is 6. The third-order valence-corrected chi connectivity index (χ3v) is 8.39. The molecule has 2 aliphatic carbocycles. The predicted octanol–water partition coefficient (Wildman–Crippen LogP) is 6.68. The first kappa shape index (κ1) is 29.3. The molecule has 212 valence electrons. The van der Waals surface area contributed by atoms with Gasteiger partial charge in [-0.05, 0) is 63.0 Å². The number of hydrogen-bond acceptors (Lipinski definition) is 4. The van der Waals surface area contributed by atoms with Crippen LogP contribution in [0.25, 0.3) is 0 Å². The molecule has 0 aliphatic heterocycles. The Hall–Kier alpha value is -2.66. The maximum atomic E-state index is 14.4. The number of rotatable bonds is 8. The van der Waals surface area contributed by atoms with Crippen LogP contribution in [-0.4, -0.2) is 50.5 Å². The Bertz CT molecular complexity index is 1290. The van der Waals surface area contributed by atoms with Gasteiger partial charge in [0.2, 0.25) is 0 Å². The molecule has 1 aromatic carbocycles. The molecule has 0 spiro atoms. The fraction of sp³-hybridized carbons (Fsp3) is 0.538. The molecule has 13 heteroatoms. The van der Waals surface area contributed by atoms with E-state index in [-0.39, 0.29) is 53.3 Å². The molecule has 0 radical (unpaired) electrons. The number of hydrogen-bond donors (Lipinski definition) is 1. The van der Waals surface area contributed by atoms with Crippen LogP contribution < -0.4 is 0 Å². The average Bonchev–Trinajstić information content (AvgIpc) is 3.36. The molecule has 2 aromatic rings. The highest BCUT2D eigenvalue weighted by Crippen LogP contribution is 2.47. The number of aliphatic carboxylic acids is 1. The lowest BCUT2D eigenvalue weighted by Crippen LogP contribution is -2.40. The van der Waals surface area contributed by atoms with Crippen LogP contribution >= 0.6 is 23.2 Å². The standard InChI is InChI=1S/C26H27Cl2F4N3O4/c1-24(7-8-24)13-34(12-19(36)20-17(27)9-14(29)10-18(20)28)22(37)16-11-33-35(21(16)26(30,31)32)15-3-5-25(2,6-4-15)23(38)39/h9-11,15H,3-8,12-13H2,1-2H3,(H,38,39)/t15-,25-. The number of carboxylic acids is 1. The normalized spacial score (nSPS) is 22.4. The predicted molar refractivity (Wildman–Crippen MR) is 134 cm³/mol. The lowest BCUT2D eigenvalue weighted by Gasteiger charge is -2.34. The van der Waals surface area contributed by atoms with Gasteiger partial charge in [-0.2, -0.15) is 18.3 Å². The van der Waals surface area contributed by atoms with Gasteiger partial charge in [-0.15, -0.1) is 0 Å². The van der Waals surface area contributed by atoms with Crippen LogP contribution in [0.2, 0.25) is 10.0 Å². The maximum absolute atomic E-state index is 14.4. The summed E-state index contributed by atoms with van der Waals surface area (Å²) in [5.41, 5.74) is -3.59. The highest BCUT2D eigenvalue weighted by atomic mass is 35.5. The topological polar surface area (TPSA) is 92.5 Å². The number of ketones is 1. The van der Waals surface area contributed by atoms with Crippen LogP contribution in [0.5, 0.6) is 0 Å². The summed E-state index contributed by atoms with van der Waals surface area (Å²) in [6.07, 6.45) is -2.06. The smallest absolute Gasteiger partial charge is 0.433 e. The van der Waals surface area contributed by atoms with Gasteiger partial charge in [-0.1, -0.05) is 30.1 Å². The Morgan fingerprint density at radius 2 is 1.67 bits per heavy atom. The van der Waals surface area contributed by atoms with Crippen molar-refractivity contribution in [2.24, 2.45) is 10.8 Å². The molecule has 1 amide bonds. The Morgan fingerprint density at radius 1 is 1.10 bits per heavy atom. The van der Waals surface area contributed by atoms with Crippen LogP contribution in [0.15, 0.2) is 18.3 Å². The van der Waals surface area contributed by atoms with Crippen molar-refractivity contribution in [3.63, 3.8) is 0 Å². The number of carbonyl (C=O) groups is 3. The van der Waals surface area contributed by atoms with Crippen molar-refractivity contribution >= 4 is 40.9 Å². The van der Waals surface area contributed by atoms with E-state index in [9.17, 15) is 37.1 Å². The van der Waals surface area contributed by atoms with E-state index >= 15 is 0 Å². The molecule has 0 saturated heterocycles. The molecule has 4 rings (SSSR count). The van der Waals surface area contributed by atoms with Gasteiger partial charge < -0.3 is 10.0 Å². The second kappa shape index (κ2) is 10.4. The summed E-state index contributed by atoms with van der Waals surface area (Å²) in [7, 11) is 0. The Balaban J connectivity index is 1.66. The van der Waals surface area contributed by atoms with Crippen LogP contribution in [0, 0.1) is 16.6 Å². The van der Waals surface area contributed by atoms with Crippen LogP contribution in [0.4, 0.5) is 17.6 Å². The first-order valence-corrected chi connectivity index (χ1v) is 13.2. The number of benzene rings is 1. The monoisotopic (exact) mass is 591 g/mol. The SMILES string of the molecule is CC1(CN(CC(=O)c2c(Cl)cc(F)cc2Cl)C(=O)c2cnn([C@H]3CC[C@](C)(C(=O)O)CC3)c2C(F)(F)F)CC1. The van der Waals surface area contributed by atoms with Crippen molar-refractivity contribution in [2.45, 2.75) is 64.6 Å². The summed E-state index contributed by atoms with van der Waals surface area (Å²) in [6, 6.07) is 1.03. The first-order chi connectivity index (χ1) is 18.0. The van der Waals surface area contributed by atoms with Crippen molar-refractivity contribution in [3.05, 3.63) is 51.0 Å². The van der Waals surface area contributed by atoms with E-state index in [0.29, 0.717) is 0 Å². The maximum Gasteiger partial charge on any atom is 0.433 e. The number of carbonyl (C=O) groups excluding carboxylic acids is 2. The Morgan fingerprint density at radius 3 is 2.15 bits per heavy atom. The molecular weight excluding hydrogens is 565 g/mol. The van der Waals surface area contributed by atoms with Crippen molar-refractivity contribution in [2.75, 3.05) is 13.1 Å². The van der Waals surface area contributed by atoms with E-state index < -0.39 is 58.9 Å². The lowest BCUT2D eigenvalue weighted by atomic mass is 9.74. The minimum Gasteiger partial charge on any atom is -0.481 e. The van der Waals surface area contributed by atoms with E-state index in [4.69, 9.17) is 23.2 Å².